The molecule has 1 aromatic rings. The Morgan fingerprint density at radius 1 is 1.22 bits per heavy atom. The van der Waals surface area contributed by atoms with E-state index in [0.717, 1.165) is 0 Å². The zero-order valence-corrected chi connectivity index (χ0v) is 4.09. The highest BCUT2D eigenvalue weighted by atomic mass is 16.4. The summed E-state index contributed by atoms with van der Waals surface area (Å²) in [7, 11) is 0. The molecule has 0 saturated carbocycles. The van der Waals surface area contributed by atoms with Crippen molar-refractivity contribution < 1.29 is 9.90 Å². The lowest BCUT2D eigenvalue weighted by atomic mass is 10.7. The lowest BCUT2D eigenvalue weighted by Crippen LogP contribution is -2.08. The predicted molar refractivity (Wildman–Crippen MR) is 22.4 cm³/mol. The number of nitrogens with zero attached hydrogens (tertiary/aromatic N) is 5. The molecule has 0 unspecified atom stereocenters. The summed E-state index contributed by atoms with van der Waals surface area (Å²) in [5.74, 6) is -1.72. The van der Waals surface area contributed by atoms with E-state index >= 15 is 0 Å². The van der Waals surface area contributed by atoms with Gasteiger partial charge in [0.15, 0.2) is 0 Å². The Hall–Kier alpha value is -1.66. The molecule has 0 aliphatic heterocycles. The molecule has 0 atom stereocenters. The minimum Gasteiger partial charge on any atom is -0.475 e. The summed E-state index contributed by atoms with van der Waals surface area (Å²) in [5, 5.41) is 23.1. The van der Waals surface area contributed by atoms with Crippen LogP contribution in [0.5, 0.6) is 0 Å². The van der Waals surface area contributed by atoms with Gasteiger partial charge in [-0.1, -0.05) is 10.2 Å². The number of aromatic nitrogens is 5. The quantitative estimate of drug-likeness (QED) is 0.482. The Kier molecular flexibility index (Phi) is 1.26. The normalized spacial score (nSPS) is 8.89. The molecule has 0 aliphatic rings. The van der Waals surface area contributed by atoms with Gasteiger partial charge in [0.2, 0.25) is 0 Å². The Labute approximate surface area is 48.7 Å². The summed E-state index contributed by atoms with van der Waals surface area (Å²) >= 11 is 0. The molecule has 0 amide bonds. The van der Waals surface area contributed by atoms with Gasteiger partial charge >= 0.3 is 5.97 Å². The van der Waals surface area contributed by atoms with Crippen molar-refractivity contribution in [3.63, 3.8) is 0 Å². The van der Waals surface area contributed by atoms with Gasteiger partial charge in [0, 0.05) is 0 Å². The average Bonchev–Trinajstić information content (AvgIpc) is 1.90. The van der Waals surface area contributed by atoms with E-state index in [9.17, 15) is 4.79 Å². The van der Waals surface area contributed by atoms with E-state index in [0.29, 0.717) is 0 Å². The zero-order valence-electron chi connectivity index (χ0n) is 4.09. The molecule has 0 radical (unpaired) electrons. The molecule has 1 heterocycles. The molecule has 9 heavy (non-hydrogen) atoms. The van der Waals surface area contributed by atoms with E-state index in [4.69, 9.17) is 5.11 Å². The van der Waals surface area contributed by atoms with Gasteiger partial charge in [0.05, 0.1) is 0 Å². The van der Waals surface area contributed by atoms with Crippen LogP contribution in [0.25, 0.3) is 0 Å². The third kappa shape index (κ3) is 1.12. The SMILES string of the molecule is O=C(O)c1nnnnn1. The highest BCUT2D eigenvalue weighted by Crippen LogP contribution is 1.76. The standard InChI is InChI=1S/C2HN5O2/c8-2(9)1-3-5-7-6-4-1/h(H,8,9). The Bertz CT molecular complexity index is 209. The smallest absolute Gasteiger partial charge is 0.377 e. The fraction of sp³-hybridized carbons (Fsp3) is 0. The molecule has 0 spiro atoms. The summed E-state index contributed by atoms with van der Waals surface area (Å²) in [4.78, 5) is 9.97. The molecule has 7 heteroatoms. The number of aromatic carboxylic acids is 1. The topological polar surface area (TPSA) is 102 Å². The van der Waals surface area contributed by atoms with Gasteiger partial charge in [0.1, 0.15) is 0 Å². The molecule has 0 aliphatic carbocycles. The molecule has 0 aromatic carbocycles. The first-order valence-corrected chi connectivity index (χ1v) is 1.92. The van der Waals surface area contributed by atoms with E-state index in [1.54, 1.807) is 0 Å². The number of carboxylic acid groups (broad SMARTS) is 1. The Morgan fingerprint density at radius 3 is 2.11 bits per heavy atom. The third-order valence-electron chi connectivity index (χ3n) is 0.550. The summed E-state index contributed by atoms with van der Waals surface area (Å²) in [5.41, 5.74) is 0. The lowest BCUT2D eigenvalue weighted by Gasteiger charge is -1.82. The number of carboxylic acids is 1. The second kappa shape index (κ2) is 2.07. The number of hydrogen-bond donors (Lipinski definition) is 1. The Balaban J connectivity index is 2.98. The van der Waals surface area contributed by atoms with Crippen LogP contribution in [0.2, 0.25) is 0 Å². The van der Waals surface area contributed by atoms with Crippen LogP contribution in [-0.4, -0.2) is 36.9 Å². The van der Waals surface area contributed by atoms with Crippen molar-refractivity contribution in [2.24, 2.45) is 0 Å². The average molecular weight is 127 g/mol. The minimum absolute atomic E-state index is 0.454. The van der Waals surface area contributed by atoms with Crippen molar-refractivity contribution in [3.05, 3.63) is 5.82 Å². The molecular weight excluding hydrogens is 126 g/mol. The highest BCUT2D eigenvalue weighted by molar-refractivity contribution is 5.82. The van der Waals surface area contributed by atoms with Crippen LogP contribution in [0, 0.1) is 0 Å². The fourth-order valence-electron chi connectivity index (χ4n) is 0.248. The highest BCUT2D eigenvalue weighted by Gasteiger charge is 2.04. The van der Waals surface area contributed by atoms with Gasteiger partial charge in [-0.2, -0.15) is 0 Å². The second-order valence-corrected chi connectivity index (χ2v) is 1.10. The Morgan fingerprint density at radius 2 is 1.78 bits per heavy atom. The second-order valence-electron chi connectivity index (χ2n) is 1.10. The molecule has 7 nitrogen and oxygen atoms in total. The summed E-state index contributed by atoms with van der Waals surface area (Å²) in [6.07, 6.45) is 0. The van der Waals surface area contributed by atoms with Crippen molar-refractivity contribution in [1.82, 2.24) is 25.8 Å². The molecule has 1 N–H and O–H groups in total. The van der Waals surface area contributed by atoms with Gasteiger partial charge in [-0.25, -0.2) is 4.79 Å². The summed E-state index contributed by atoms with van der Waals surface area (Å²) in [6.45, 7) is 0. The van der Waals surface area contributed by atoms with E-state index < -0.39 is 11.8 Å². The molecule has 0 saturated heterocycles. The minimum atomic E-state index is -1.27. The van der Waals surface area contributed by atoms with Crippen molar-refractivity contribution in [1.29, 1.82) is 0 Å². The third-order valence-corrected chi connectivity index (χ3v) is 0.550. The molecule has 1 aromatic heterocycles. The molecule has 0 bridgehead atoms. The van der Waals surface area contributed by atoms with Crippen molar-refractivity contribution in [2.75, 3.05) is 0 Å². The first-order chi connectivity index (χ1) is 4.30. The van der Waals surface area contributed by atoms with Crippen LogP contribution in [0.3, 0.4) is 0 Å². The van der Waals surface area contributed by atoms with Crippen LogP contribution < -0.4 is 0 Å². The predicted octanol–water partition coefficient (Wildman–Crippen LogP) is -1.64. The van der Waals surface area contributed by atoms with Gasteiger partial charge in [-0.15, -0.1) is 0 Å². The number of hydrogen-bond acceptors (Lipinski definition) is 6. The monoisotopic (exact) mass is 127 g/mol. The van der Waals surface area contributed by atoms with Gasteiger partial charge < -0.3 is 5.11 Å². The van der Waals surface area contributed by atoms with E-state index in [1.807, 2.05) is 0 Å². The van der Waals surface area contributed by atoms with Crippen molar-refractivity contribution in [3.8, 4) is 0 Å². The maximum absolute atomic E-state index is 9.97. The van der Waals surface area contributed by atoms with Crippen molar-refractivity contribution >= 4 is 5.97 Å². The first kappa shape index (κ1) is 5.48. The molecular formula is C2HN5O2. The first-order valence-electron chi connectivity index (χ1n) is 1.92. The molecule has 46 valence electrons. The molecule has 0 fully saturated rings. The van der Waals surface area contributed by atoms with Crippen LogP contribution in [0.1, 0.15) is 10.6 Å². The van der Waals surface area contributed by atoms with E-state index in [1.165, 1.54) is 0 Å². The van der Waals surface area contributed by atoms with E-state index in [-0.39, 0.29) is 0 Å². The van der Waals surface area contributed by atoms with Crippen LogP contribution >= 0.6 is 0 Å². The van der Waals surface area contributed by atoms with Crippen LogP contribution in [0.15, 0.2) is 0 Å². The number of carbonyl (C=O) groups is 1. The largest absolute Gasteiger partial charge is 0.475 e. The lowest BCUT2D eigenvalue weighted by molar-refractivity contribution is 0.0678. The number of rotatable bonds is 1. The van der Waals surface area contributed by atoms with Crippen LogP contribution in [-0.2, 0) is 0 Å². The van der Waals surface area contributed by atoms with Crippen LogP contribution in [0.4, 0.5) is 0 Å². The van der Waals surface area contributed by atoms with Crippen molar-refractivity contribution in [2.45, 2.75) is 0 Å². The zero-order chi connectivity index (χ0) is 6.69. The van der Waals surface area contributed by atoms with Gasteiger partial charge in [0.25, 0.3) is 5.82 Å². The molecule has 1 rings (SSSR count). The van der Waals surface area contributed by atoms with Gasteiger partial charge in [-0.3, -0.25) is 0 Å². The maximum atomic E-state index is 9.97. The fourth-order valence-corrected chi connectivity index (χ4v) is 0.248. The van der Waals surface area contributed by atoms with E-state index in [2.05, 4.69) is 25.8 Å². The summed E-state index contributed by atoms with van der Waals surface area (Å²) < 4.78 is 0. The maximum Gasteiger partial charge on any atom is 0.377 e. The summed E-state index contributed by atoms with van der Waals surface area (Å²) in [6, 6.07) is 0. The van der Waals surface area contributed by atoms with Gasteiger partial charge in [-0.05, 0) is 15.6 Å².